The van der Waals surface area contributed by atoms with Gasteiger partial charge in [-0.25, -0.2) is 0 Å². The zero-order valence-corrected chi connectivity index (χ0v) is 37.0. The summed E-state index contributed by atoms with van der Waals surface area (Å²) in [6.45, 7) is 22.0. The number of Topliss-reactive ketones (excluding diaryl/α,β-unsaturated/α-hetero) is 2. The van der Waals surface area contributed by atoms with E-state index in [-0.39, 0.29) is 33.9 Å². The number of fused-ring (bicyclic) bond motifs is 3. The molecule has 7 heteroatoms. The molecule has 0 bridgehead atoms. The fourth-order valence-electron chi connectivity index (χ4n) is 10.1. The van der Waals surface area contributed by atoms with Crippen molar-refractivity contribution in [1.82, 2.24) is 0 Å². The summed E-state index contributed by atoms with van der Waals surface area (Å²) in [5.41, 5.74) is 10.5. The maximum absolute atomic E-state index is 14.1. The summed E-state index contributed by atoms with van der Waals surface area (Å²) in [6.07, 6.45) is 11.8. The average Bonchev–Trinajstić information content (AvgIpc) is 3.68. The lowest BCUT2D eigenvalue weighted by atomic mass is 9.75. The molecule has 0 aromatic heterocycles. The molecule has 3 heterocycles. The van der Waals surface area contributed by atoms with Crippen LogP contribution >= 0.6 is 0 Å². The van der Waals surface area contributed by atoms with Crippen molar-refractivity contribution in [3.05, 3.63) is 141 Å². The monoisotopic (exact) mass is 803 g/mol. The van der Waals surface area contributed by atoms with E-state index in [4.69, 9.17) is 0 Å². The SMILES string of the molecule is CCCCN1/C(=C/C2=C(O)C(=C/C3=[N+](CCCC)c4ccc(C5=C(O)/C(=C/C6=[N+](CCCC)c7ccccc7C6(C)C)C5=O)cc4C3(C)C)/C2=O)C(C)(C)c2ccccc21. The minimum absolute atomic E-state index is 0.0261. The Kier molecular flexibility index (Phi) is 10.4. The molecule has 3 aromatic rings. The Bertz CT molecular complexity index is 2580. The van der Waals surface area contributed by atoms with Crippen molar-refractivity contribution in [2.24, 2.45) is 0 Å². The zero-order valence-electron chi connectivity index (χ0n) is 37.0. The lowest BCUT2D eigenvalue weighted by molar-refractivity contribution is -0.438. The quantitative estimate of drug-likeness (QED) is 0.133. The Morgan fingerprint density at radius 3 is 1.75 bits per heavy atom. The molecule has 0 spiro atoms. The van der Waals surface area contributed by atoms with Crippen molar-refractivity contribution in [1.29, 1.82) is 0 Å². The van der Waals surface area contributed by atoms with E-state index in [2.05, 4.69) is 125 Å². The van der Waals surface area contributed by atoms with Crippen LogP contribution in [-0.4, -0.2) is 62.0 Å². The van der Waals surface area contributed by atoms with Gasteiger partial charge in [-0.2, -0.15) is 9.15 Å². The number of anilines is 1. The van der Waals surface area contributed by atoms with Crippen LogP contribution in [0.15, 0.2) is 119 Å². The average molecular weight is 804 g/mol. The van der Waals surface area contributed by atoms with E-state index in [1.54, 1.807) is 0 Å². The first-order valence-electron chi connectivity index (χ1n) is 22.1. The molecular weight excluding hydrogens is 743 g/mol. The molecule has 0 amide bonds. The molecule has 5 aliphatic rings. The summed E-state index contributed by atoms with van der Waals surface area (Å²) >= 11 is 0. The lowest BCUT2D eigenvalue weighted by Gasteiger charge is -2.29. The number of ketones is 2. The minimum atomic E-state index is -0.566. The second-order valence-corrected chi connectivity index (χ2v) is 18.7. The van der Waals surface area contributed by atoms with E-state index in [0.717, 1.165) is 97.9 Å². The highest BCUT2D eigenvalue weighted by Crippen LogP contribution is 2.50. The third-order valence-corrected chi connectivity index (χ3v) is 13.8. The highest BCUT2D eigenvalue weighted by molar-refractivity contribution is 6.40. The van der Waals surface area contributed by atoms with E-state index in [9.17, 15) is 19.8 Å². The fraction of sp³-hybridized carbons (Fsp3) is 0.396. The van der Waals surface area contributed by atoms with Crippen molar-refractivity contribution in [3.8, 4) is 0 Å². The van der Waals surface area contributed by atoms with Crippen LogP contribution in [0, 0.1) is 0 Å². The third-order valence-electron chi connectivity index (χ3n) is 13.8. The fourth-order valence-corrected chi connectivity index (χ4v) is 10.1. The van der Waals surface area contributed by atoms with Gasteiger partial charge in [0.2, 0.25) is 22.9 Å². The van der Waals surface area contributed by atoms with Crippen LogP contribution in [0.2, 0.25) is 0 Å². The predicted octanol–water partition coefficient (Wildman–Crippen LogP) is 11.3. The third kappa shape index (κ3) is 6.21. The van der Waals surface area contributed by atoms with E-state index >= 15 is 0 Å². The van der Waals surface area contributed by atoms with E-state index in [1.165, 1.54) is 11.1 Å². The van der Waals surface area contributed by atoms with Crippen molar-refractivity contribution >= 4 is 45.6 Å². The Morgan fingerprint density at radius 1 is 0.600 bits per heavy atom. The molecule has 8 rings (SSSR count). The minimum Gasteiger partial charge on any atom is -0.506 e. The summed E-state index contributed by atoms with van der Waals surface area (Å²) in [4.78, 5) is 30.5. The van der Waals surface area contributed by atoms with Gasteiger partial charge in [0, 0.05) is 71.6 Å². The molecule has 7 nitrogen and oxygen atoms in total. The molecule has 0 unspecified atom stereocenters. The Hall–Kier alpha value is -5.56. The van der Waals surface area contributed by atoms with Crippen LogP contribution in [-0.2, 0) is 25.8 Å². The maximum atomic E-state index is 14.1. The van der Waals surface area contributed by atoms with Gasteiger partial charge in [-0.05, 0) is 69.5 Å². The summed E-state index contributed by atoms with van der Waals surface area (Å²) in [5, 5.41) is 23.3. The van der Waals surface area contributed by atoms with Gasteiger partial charge in [0.25, 0.3) is 0 Å². The van der Waals surface area contributed by atoms with Crippen molar-refractivity contribution < 1.29 is 29.0 Å². The predicted molar refractivity (Wildman–Crippen MR) is 244 cm³/mol. The lowest BCUT2D eigenvalue weighted by Crippen LogP contribution is -2.32. The molecular formula is C53H61N3O4+2. The second-order valence-electron chi connectivity index (χ2n) is 18.7. The first kappa shape index (κ1) is 41.2. The number of benzene rings is 3. The highest BCUT2D eigenvalue weighted by atomic mass is 16.3. The molecule has 0 saturated carbocycles. The van der Waals surface area contributed by atoms with Gasteiger partial charge < -0.3 is 15.1 Å². The number of carbonyl (C=O) groups excluding carboxylic acids is 2. The van der Waals surface area contributed by atoms with Crippen molar-refractivity contribution in [2.45, 2.75) is 117 Å². The Morgan fingerprint density at radius 2 is 1.15 bits per heavy atom. The number of allylic oxidation sites excluding steroid dienone is 8. The molecule has 2 aliphatic carbocycles. The van der Waals surface area contributed by atoms with Gasteiger partial charge in [-0.1, -0.05) is 90.3 Å². The van der Waals surface area contributed by atoms with Crippen LogP contribution < -0.4 is 4.90 Å². The number of aliphatic hydroxyl groups is 2. The largest absolute Gasteiger partial charge is 0.506 e. The van der Waals surface area contributed by atoms with Gasteiger partial charge >= 0.3 is 0 Å². The number of carbonyl (C=O) groups is 2. The number of unbranched alkanes of at least 4 members (excludes halogenated alkanes) is 3. The number of aliphatic hydroxyl groups excluding tert-OH is 2. The Balaban J connectivity index is 1.14. The molecule has 0 radical (unpaired) electrons. The van der Waals surface area contributed by atoms with Crippen LogP contribution in [0.4, 0.5) is 17.1 Å². The highest BCUT2D eigenvalue weighted by Gasteiger charge is 2.50. The van der Waals surface area contributed by atoms with E-state index in [1.807, 2.05) is 36.4 Å². The molecule has 3 aromatic carbocycles. The summed E-state index contributed by atoms with van der Waals surface area (Å²) in [6, 6.07) is 22.9. The first-order valence-corrected chi connectivity index (χ1v) is 22.1. The van der Waals surface area contributed by atoms with Gasteiger partial charge in [0.05, 0.1) is 33.1 Å². The first-order chi connectivity index (χ1) is 28.6. The summed E-state index contributed by atoms with van der Waals surface area (Å²) in [7, 11) is 0. The number of para-hydroxylation sites is 2. The van der Waals surface area contributed by atoms with Crippen LogP contribution in [0.1, 0.15) is 123 Å². The number of hydrogen-bond acceptors (Lipinski definition) is 5. The van der Waals surface area contributed by atoms with Crippen LogP contribution in [0.5, 0.6) is 0 Å². The topological polar surface area (TPSA) is 83.9 Å². The Labute approximate surface area is 356 Å². The van der Waals surface area contributed by atoms with Crippen molar-refractivity contribution in [2.75, 3.05) is 24.5 Å². The summed E-state index contributed by atoms with van der Waals surface area (Å²) < 4.78 is 4.58. The van der Waals surface area contributed by atoms with Gasteiger partial charge in [0.15, 0.2) is 11.4 Å². The van der Waals surface area contributed by atoms with Gasteiger partial charge in [-0.3, -0.25) is 9.59 Å². The standard InChI is InChI=1S/C53H59N3O4/c1-10-13-26-54-40-22-18-16-20-37(40)51(4,5)43(54)30-34-47(57)35(48(34)58)31-45-53(8,9)39-29-33(24-25-42(39)56(45)28-15-12-3)46-49(59)36(50(46)60)32-44-52(6,7)38-21-17-19-23-41(38)55(44)27-14-11-2/h16-25,29-32H,10-15,26-28H2,1-9H3/p+2. The van der Waals surface area contributed by atoms with Crippen molar-refractivity contribution in [3.63, 3.8) is 0 Å². The number of hydrogen-bond donors (Lipinski definition) is 2. The van der Waals surface area contributed by atoms with Gasteiger partial charge in [-0.15, -0.1) is 0 Å². The van der Waals surface area contributed by atoms with Crippen LogP contribution in [0.25, 0.3) is 5.57 Å². The molecule has 0 atom stereocenters. The normalized spacial score (nSPS) is 21.8. The molecule has 2 N–H and O–H groups in total. The maximum Gasteiger partial charge on any atom is 0.209 e. The second kappa shape index (κ2) is 15.2. The smallest absolute Gasteiger partial charge is 0.209 e. The summed E-state index contributed by atoms with van der Waals surface area (Å²) in [5.74, 6) is -0.269. The number of nitrogens with zero attached hydrogens (tertiary/aromatic N) is 3. The molecule has 60 heavy (non-hydrogen) atoms. The molecule has 3 aliphatic heterocycles. The molecule has 310 valence electrons. The van der Waals surface area contributed by atoms with E-state index < -0.39 is 5.41 Å². The van der Waals surface area contributed by atoms with E-state index in [0.29, 0.717) is 27.9 Å². The zero-order chi connectivity index (χ0) is 42.9. The van der Waals surface area contributed by atoms with Crippen LogP contribution in [0.3, 0.4) is 0 Å². The molecule has 0 fully saturated rings. The van der Waals surface area contributed by atoms with Gasteiger partial charge in [0.1, 0.15) is 24.6 Å². The molecule has 0 saturated heterocycles. The number of rotatable bonds is 13.